The second-order valence-corrected chi connectivity index (χ2v) is 4.97. The van der Waals surface area contributed by atoms with Crippen molar-refractivity contribution >= 4 is 17.5 Å². The zero-order chi connectivity index (χ0) is 14.5. The van der Waals surface area contributed by atoms with Crippen molar-refractivity contribution in [3.63, 3.8) is 0 Å². The quantitative estimate of drug-likeness (QED) is 0.862. The summed E-state index contributed by atoms with van der Waals surface area (Å²) in [5.74, 6) is 0.806. The minimum Gasteiger partial charge on any atom is -0.436 e. The summed E-state index contributed by atoms with van der Waals surface area (Å²) in [5, 5.41) is 2.88. The second kappa shape index (κ2) is 6.57. The van der Waals surface area contributed by atoms with Gasteiger partial charge in [-0.3, -0.25) is 4.79 Å². The Morgan fingerprint density at radius 3 is 2.60 bits per heavy atom. The average molecular weight is 293 g/mol. The molecule has 2 aromatic rings. The van der Waals surface area contributed by atoms with Gasteiger partial charge in [0, 0.05) is 18.8 Å². The lowest BCUT2D eigenvalue weighted by molar-refractivity contribution is 0.0910. The first-order valence-corrected chi connectivity index (χ1v) is 6.98. The first kappa shape index (κ1) is 14.6. The van der Waals surface area contributed by atoms with Crippen molar-refractivity contribution in [1.29, 1.82) is 0 Å². The van der Waals surface area contributed by atoms with Crippen LogP contribution in [-0.2, 0) is 6.42 Å². The van der Waals surface area contributed by atoms with Crippen LogP contribution in [0.1, 0.15) is 27.7 Å². The Balaban J connectivity index is 2.03. The maximum absolute atomic E-state index is 12.1. The molecule has 20 heavy (non-hydrogen) atoms. The summed E-state index contributed by atoms with van der Waals surface area (Å²) in [4.78, 5) is 16.2. The van der Waals surface area contributed by atoms with Gasteiger partial charge in [0.2, 0.25) is 5.76 Å². The molecule has 0 spiro atoms. The zero-order valence-electron chi connectivity index (χ0n) is 11.5. The standard InChI is InChI=1S/C15H17ClN2O2/c1-10-14(20-11(2)17-10)15(19)18-13(9-16)8-12-6-4-3-5-7-12/h3-7,13H,8-9H2,1-2H3,(H,18,19). The lowest BCUT2D eigenvalue weighted by Gasteiger charge is -2.15. The van der Waals surface area contributed by atoms with Gasteiger partial charge in [-0.1, -0.05) is 30.3 Å². The molecule has 0 aliphatic rings. The molecule has 0 saturated heterocycles. The van der Waals surface area contributed by atoms with E-state index in [1.807, 2.05) is 30.3 Å². The number of aromatic nitrogens is 1. The number of amides is 1. The minimum atomic E-state index is -0.273. The Kier molecular flexibility index (Phi) is 4.79. The van der Waals surface area contributed by atoms with E-state index in [-0.39, 0.29) is 17.7 Å². The van der Waals surface area contributed by atoms with E-state index in [1.165, 1.54) is 0 Å². The summed E-state index contributed by atoms with van der Waals surface area (Å²) in [6.07, 6.45) is 0.683. The molecular formula is C15H17ClN2O2. The number of carbonyl (C=O) groups is 1. The summed E-state index contributed by atoms with van der Waals surface area (Å²) < 4.78 is 5.31. The Labute approximate surface area is 123 Å². The molecule has 1 amide bonds. The van der Waals surface area contributed by atoms with E-state index in [0.29, 0.717) is 23.9 Å². The van der Waals surface area contributed by atoms with Gasteiger partial charge in [-0.2, -0.15) is 0 Å². The van der Waals surface area contributed by atoms with Crippen LogP contribution in [0.2, 0.25) is 0 Å². The molecule has 1 aromatic heterocycles. The first-order chi connectivity index (χ1) is 9.60. The molecule has 1 heterocycles. The van der Waals surface area contributed by atoms with Gasteiger partial charge in [0.05, 0.1) is 5.69 Å². The third-order valence-corrected chi connectivity index (χ3v) is 3.33. The van der Waals surface area contributed by atoms with Crippen LogP contribution in [0.4, 0.5) is 0 Å². The molecule has 4 nitrogen and oxygen atoms in total. The number of aryl methyl sites for hydroxylation is 2. The summed E-state index contributed by atoms with van der Waals surface area (Å²) in [6, 6.07) is 9.76. The van der Waals surface area contributed by atoms with E-state index in [2.05, 4.69) is 10.3 Å². The van der Waals surface area contributed by atoms with E-state index in [9.17, 15) is 4.79 Å². The smallest absolute Gasteiger partial charge is 0.289 e. The van der Waals surface area contributed by atoms with Gasteiger partial charge in [-0.05, 0) is 18.9 Å². The number of carbonyl (C=O) groups excluding carboxylic acids is 1. The maximum Gasteiger partial charge on any atom is 0.289 e. The Bertz CT molecular complexity index is 581. The minimum absolute atomic E-state index is 0.142. The fourth-order valence-electron chi connectivity index (χ4n) is 2.04. The van der Waals surface area contributed by atoms with E-state index in [0.717, 1.165) is 5.56 Å². The highest BCUT2D eigenvalue weighted by Gasteiger charge is 2.19. The summed E-state index contributed by atoms with van der Waals surface area (Å²) in [6.45, 7) is 3.46. The Hall–Kier alpha value is -1.81. The molecule has 5 heteroatoms. The fraction of sp³-hybridized carbons (Fsp3) is 0.333. The molecule has 1 N–H and O–H groups in total. The number of oxazole rings is 1. The van der Waals surface area contributed by atoms with Gasteiger partial charge in [0.25, 0.3) is 5.91 Å². The summed E-state index contributed by atoms with van der Waals surface area (Å²) >= 11 is 5.93. The number of rotatable bonds is 5. The van der Waals surface area contributed by atoms with Gasteiger partial charge >= 0.3 is 0 Å². The monoisotopic (exact) mass is 292 g/mol. The largest absolute Gasteiger partial charge is 0.436 e. The predicted molar refractivity (Wildman–Crippen MR) is 78.1 cm³/mol. The molecule has 1 atom stereocenters. The van der Waals surface area contributed by atoms with Crippen LogP contribution >= 0.6 is 11.6 Å². The zero-order valence-corrected chi connectivity index (χ0v) is 12.3. The van der Waals surface area contributed by atoms with Crippen LogP contribution in [-0.4, -0.2) is 22.8 Å². The number of benzene rings is 1. The molecule has 106 valence electrons. The number of hydrogen-bond donors (Lipinski definition) is 1. The molecule has 1 aromatic carbocycles. The number of alkyl halides is 1. The number of nitrogens with zero attached hydrogens (tertiary/aromatic N) is 1. The SMILES string of the molecule is Cc1nc(C)c(C(=O)NC(CCl)Cc2ccccc2)o1. The lowest BCUT2D eigenvalue weighted by atomic mass is 10.1. The van der Waals surface area contributed by atoms with E-state index in [1.54, 1.807) is 13.8 Å². The molecule has 0 aliphatic heterocycles. The number of hydrogen-bond acceptors (Lipinski definition) is 3. The Morgan fingerprint density at radius 1 is 1.35 bits per heavy atom. The van der Waals surface area contributed by atoms with Gasteiger partial charge in [0.1, 0.15) is 0 Å². The highest BCUT2D eigenvalue weighted by molar-refractivity contribution is 6.18. The van der Waals surface area contributed by atoms with Crippen molar-refractivity contribution in [2.45, 2.75) is 26.3 Å². The van der Waals surface area contributed by atoms with Crippen molar-refractivity contribution in [2.24, 2.45) is 0 Å². The van der Waals surface area contributed by atoms with Crippen molar-refractivity contribution < 1.29 is 9.21 Å². The van der Waals surface area contributed by atoms with Gasteiger partial charge in [-0.25, -0.2) is 4.98 Å². The van der Waals surface area contributed by atoms with E-state index >= 15 is 0 Å². The van der Waals surface area contributed by atoms with Crippen molar-refractivity contribution in [1.82, 2.24) is 10.3 Å². The van der Waals surface area contributed by atoms with Crippen molar-refractivity contribution in [3.8, 4) is 0 Å². The van der Waals surface area contributed by atoms with Crippen LogP contribution < -0.4 is 5.32 Å². The maximum atomic E-state index is 12.1. The molecule has 0 bridgehead atoms. The fourth-order valence-corrected chi connectivity index (χ4v) is 2.22. The molecule has 0 fully saturated rings. The number of nitrogens with one attached hydrogen (secondary N) is 1. The van der Waals surface area contributed by atoms with Crippen LogP contribution in [0.5, 0.6) is 0 Å². The number of halogens is 1. The second-order valence-electron chi connectivity index (χ2n) is 4.66. The predicted octanol–water partition coefficient (Wildman–Crippen LogP) is 2.87. The normalized spacial score (nSPS) is 12.2. The Morgan fingerprint density at radius 2 is 2.05 bits per heavy atom. The molecule has 0 radical (unpaired) electrons. The third-order valence-electron chi connectivity index (χ3n) is 2.96. The highest BCUT2D eigenvalue weighted by atomic mass is 35.5. The molecular weight excluding hydrogens is 276 g/mol. The summed E-state index contributed by atoms with van der Waals surface area (Å²) in [7, 11) is 0. The van der Waals surface area contributed by atoms with E-state index in [4.69, 9.17) is 16.0 Å². The summed E-state index contributed by atoms with van der Waals surface area (Å²) in [5.41, 5.74) is 1.72. The third kappa shape index (κ3) is 3.61. The van der Waals surface area contributed by atoms with E-state index < -0.39 is 0 Å². The van der Waals surface area contributed by atoms with Crippen molar-refractivity contribution in [3.05, 3.63) is 53.2 Å². The van der Waals surface area contributed by atoms with Crippen LogP contribution in [0.3, 0.4) is 0 Å². The van der Waals surface area contributed by atoms with Crippen molar-refractivity contribution in [2.75, 3.05) is 5.88 Å². The van der Waals surface area contributed by atoms with Gasteiger partial charge in [0.15, 0.2) is 5.89 Å². The molecule has 0 aliphatic carbocycles. The van der Waals surface area contributed by atoms with Crippen LogP contribution in [0.25, 0.3) is 0 Å². The van der Waals surface area contributed by atoms with Gasteiger partial charge < -0.3 is 9.73 Å². The van der Waals surface area contributed by atoms with Crippen LogP contribution in [0, 0.1) is 13.8 Å². The average Bonchev–Trinajstić information content (AvgIpc) is 2.78. The molecule has 0 saturated carbocycles. The topological polar surface area (TPSA) is 55.1 Å². The molecule has 2 rings (SSSR count). The van der Waals surface area contributed by atoms with Gasteiger partial charge in [-0.15, -0.1) is 11.6 Å². The lowest BCUT2D eigenvalue weighted by Crippen LogP contribution is -2.37. The highest BCUT2D eigenvalue weighted by Crippen LogP contribution is 2.11. The first-order valence-electron chi connectivity index (χ1n) is 6.45. The molecule has 1 unspecified atom stereocenters. The van der Waals surface area contributed by atoms with Crippen LogP contribution in [0.15, 0.2) is 34.7 Å².